The predicted molar refractivity (Wildman–Crippen MR) is 89.8 cm³/mol. The first-order valence-electron chi connectivity index (χ1n) is 7.45. The van der Waals surface area contributed by atoms with Crippen LogP contribution in [-0.4, -0.2) is 30.0 Å². The summed E-state index contributed by atoms with van der Waals surface area (Å²) in [7, 11) is 0. The first kappa shape index (κ1) is 17.9. The molecule has 1 aromatic heterocycles. The topological polar surface area (TPSA) is 103 Å². The summed E-state index contributed by atoms with van der Waals surface area (Å²) in [6.07, 6.45) is 2.27. The maximum Gasteiger partial charge on any atom is 0.433 e. The van der Waals surface area contributed by atoms with Crippen LogP contribution in [0, 0.1) is 10.1 Å². The van der Waals surface area contributed by atoms with Gasteiger partial charge in [-0.25, -0.2) is 4.79 Å². The third kappa shape index (κ3) is 5.03. The number of benzene rings is 1. The summed E-state index contributed by atoms with van der Waals surface area (Å²) < 4.78 is 9.76. The minimum Gasteiger partial charge on any atom is -0.452 e. The van der Waals surface area contributed by atoms with Gasteiger partial charge in [0.15, 0.2) is 6.61 Å². The summed E-state index contributed by atoms with van der Waals surface area (Å²) in [5.41, 5.74) is 0.712. The summed E-state index contributed by atoms with van der Waals surface area (Å²) in [6, 6.07) is 11.5. The molecular weight excluding hydrogens is 328 g/mol. The van der Waals surface area contributed by atoms with Gasteiger partial charge in [-0.1, -0.05) is 18.2 Å². The van der Waals surface area contributed by atoms with Gasteiger partial charge in [-0.3, -0.25) is 14.9 Å². The Morgan fingerprint density at radius 1 is 1.24 bits per heavy atom. The van der Waals surface area contributed by atoms with Crippen LogP contribution in [0.25, 0.3) is 6.08 Å². The lowest BCUT2D eigenvalue weighted by atomic mass is 10.3. The fourth-order valence-corrected chi connectivity index (χ4v) is 2.05. The molecule has 8 heteroatoms. The van der Waals surface area contributed by atoms with Gasteiger partial charge in [0.25, 0.3) is 5.91 Å². The highest BCUT2D eigenvalue weighted by atomic mass is 16.6. The van der Waals surface area contributed by atoms with E-state index in [1.807, 2.05) is 25.1 Å². The Labute approximate surface area is 143 Å². The van der Waals surface area contributed by atoms with E-state index in [1.165, 1.54) is 23.1 Å². The van der Waals surface area contributed by atoms with Crippen molar-refractivity contribution in [2.45, 2.75) is 6.92 Å². The van der Waals surface area contributed by atoms with Crippen LogP contribution in [0.15, 0.2) is 53.0 Å². The van der Waals surface area contributed by atoms with Gasteiger partial charge in [-0.15, -0.1) is 0 Å². The number of hydrogen-bond donors (Lipinski definition) is 0. The third-order valence-electron chi connectivity index (χ3n) is 3.20. The van der Waals surface area contributed by atoms with Gasteiger partial charge in [0.1, 0.15) is 10.7 Å². The molecule has 1 heterocycles. The lowest BCUT2D eigenvalue weighted by Gasteiger charge is -2.20. The number of anilines is 1. The zero-order chi connectivity index (χ0) is 18.2. The summed E-state index contributed by atoms with van der Waals surface area (Å²) in [4.78, 5) is 35.1. The number of esters is 1. The van der Waals surface area contributed by atoms with Gasteiger partial charge in [0.05, 0.1) is 6.07 Å². The molecule has 2 aromatic rings. The highest BCUT2D eigenvalue weighted by Gasteiger charge is 2.15. The summed E-state index contributed by atoms with van der Waals surface area (Å²) >= 11 is 0. The molecule has 8 nitrogen and oxygen atoms in total. The molecule has 2 rings (SSSR count). The molecule has 0 saturated heterocycles. The minimum atomic E-state index is -0.753. The second-order valence-electron chi connectivity index (χ2n) is 4.85. The molecule has 130 valence electrons. The van der Waals surface area contributed by atoms with Crippen LogP contribution in [0.1, 0.15) is 12.7 Å². The summed E-state index contributed by atoms with van der Waals surface area (Å²) in [5.74, 6) is -1.40. The summed E-state index contributed by atoms with van der Waals surface area (Å²) in [5, 5.41) is 10.5. The Kier molecular flexibility index (Phi) is 6.05. The van der Waals surface area contributed by atoms with Gasteiger partial charge >= 0.3 is 11.9 Å². The molecule has 0 N–H and O–H groups in total. The molecule has 25 heavy (non-hydrogen) atoms. The van der Waals surface area contributed by atoms with E-state index in [0.717, 1.165) is 6.08 Å². The van der Waals surface area contributed by atoms with Crippen LogP contribution in [-0.2, 0) is 14.3 Å². The van der Waals surface area contributed by atoms with E-state index in [2.05, 4.69) is 0 Å². The van der Waals surface area contributed by atoms with Crippen molar-refractivity contribution in [1.29, 1.82) is 0 Å². The Morgan fingerprint density at radius 2 is 1.96 bits per heavy atom. The lowest BCUT2D eigenvalue weighted by molar-refractivity contribution is -0.402. The van der Waals surface area contributed by atoms with Crippen molar-refractivity contribution in [3.8, 4) is 0 Å². The zero-order valence-corrected chi connectivity index (χ0v) is 13.5. The van der Waals surface area contributed by atoms with Gasteiger partial charge < -0.3 is 14.1 Å². The number of ether oxygens (including phenoxy) is 1. The number of nitro groups is 1. The molecule has 0 fully saturated rings. The molecule has 1 amide bonds. The van der Waals surface area contributed by atoms with Crippen LogP contribution in [0.2, 0.25) is 0 Å². The molecule has 0 aliphatic heterocycles. The molecule has 0 saturated carbocycles. The Morgan fingerprint density at radius 3 is 2.56 bits per heavy atom. The average Bonchev–Trinajstić information content (AvgIpc) is 3.09. The highest BCUT2D eigenvalue weighted by molar-refractivity contribution is 5.96. The molecule has 0 aliphatic rings. The predicted octanol–water partition coefficient (Wildman–Crippen LogP) is 2.80. The molecule has 1 aromatic carbocycles. The highest BCUT2D eigenvalue weighted by Crippen LogP contribution is 2.16. The largest absolute Gasteiger partial charge is 0.452 e. The number of carbonyl (C=O) groups is 2. The molecular formula is C17H16N2O6. The molecule has 0 bridgehead atoms. The fourth-order valence-electron chi connectivity index (χ4n) is 2.05. The second-order valence-corrected chi connectivity index (χ2v) is 4.85. The number of amides is 1. The van der Waals surface area contributed by atoms with Crippen LogP contribution < -0.4 is 4.90 Å². The van der Waals surface area contributed by atoms with E-state index < -0.39 is 23.4 Å². The van der Waals surface area contributed by atoms with Crippen molar-refractivity contribution < 1.29 is 23.7 Å². The van der Waals surface area contributed by atoms with Gasteiger partial charge in [-0.2, -0.15) is 0 Å². The maximum atomic E-state index is 12.2. The zero-order valence-electron chi connectivity index (χ0n) is 13.5. The SMILES string of the molecule is CCN(C(=O)COC(=O)/C=C/c1ccc([N+](=O)[O-])o1)c1ccccc1. The second kappa shape index (κ2) is 8.44. The number of likely N-dealkylation sites (N-methyl/N-ethyl adjacent to an activating group) is 1. The Hall–Kier alpha value is -3.42. The van der Waals surface area contributed by atoms with Gasteiger partial charge in [-0.05, 0) is 31.2 Å². The van der Waals surface area contributed by atoms with Crippen LogP contribution >= 0.6 is 0 Å². The number of furan rings is 1. The quantitative estimate of drug-likeness (QED) is 0.331. The molecule has 0 aliphatic carbocycles. The van der Waals surface area contributed by atoms with E-state index in [9.17, 15) is 19.7 Å². The van der Waals surface area contributed by atoms with Crippen molar-refractivity contribution in [3.63, 3.8) is 0 Å². The van der Waals surface area contributed by atoms with E-state index in [4.69, 9.17) is 9.15 Å². The Bertz CT molecular complexity index is 781. The molecule has 0 unspecified atom stereocenters. The average molecular weight is 344 g/mol. The standard InChI is InChI=1S/C17H16N2O6/c1-2-18(13-6-4-3-5-7-13)15(20)12-24-17(21)11-9-14-8-10-16(25-14)19(22)23/h3-11H,2,12H2,1H3/b11-9+. The minimum absolute atomic E-state index is 0.134. The van der Waals surface area contributed by atoms with Crippen molar-refractivity contribution in [2.24, 2.45) is 0 Å². The van der Waals surface area contributed by atoms with Gasteiger partial charge in [0, 0.05) is 18.3 Å². The number of rotatable bonds is 7. The summed E-state index contributed by atoms with van der Waals surface area (Å²) in [6.45, 7) is 1.84. The monoisotopic (exact) mass is 344 g/mol. The van der Waals surface area contributed by atoms with Crippen molar-refractivity contribution in [3.05, 3.63) is 64.4 Å². The Balaban J connectivity index is 1.89. The van der Waals surface area contributed by atoms with Gasteiger partial charge in [0.2, 0.25) is 0 Å². The van der Waals surface area contributed by atoms with Crippen molar-refractivity contribution in [2.75, 3.05) is 18.1 Å². The molecule has 0 atom stereocenters. The number of carbonyl (C=O) groups excluding carboxylic acids is 2. The van der Waals surface area contributed by atoms with E-state index in [1.54, 1.807) is 12.1 Å². The van der Waals surface area contributed by atoms with Crippen LogP contribution in [0.4, 0.5) is 11.6 Å². The van der Waals surface area contributed by atoms with E-state index in [-0.39, 0.29) is 11.7 Å². The number of nitrogens with zero attached hydrogens (tertiary/aromatic N) is 2. The van der Waals surface area contributed by atoms with Crippen molar-refractivity contribution in [1.82, 2.24) is 0 Å². The number of hydrogen-bond acceptors (Lipinski definition) is 6. The molecule has 0 spiro atoms. The fraction of sp³-hybridized carbons (Fsp3) is 0.176. The van der Waals surface area contributed by atoms with E-state index >= 15 is 0 Å². The molecule has 0 radical (unpaired) electrons. The maximum absolute atomic E-state index is 12.2. The first-order chi connectivity index (χ1) is 12.0. The lowest BCUT2D eigenvalue weighted by Crippen LogP contribution is -2.34. The van der Waals surface area contributed by atoms with E-state index in [0.29, 0.717) is 12.2 Å². The first-order valence-corrected chi connectivity index (χ1v) is 7.45. The number of para-hydroxylation sites is 1. The van der Waals surface area contributed by atoms with Crippen LogP contribution in [0.3, 0.4) is 0 Å². The third-order valence-corrected chi connectivity index (χ3v) is 3.20. The van der Waals surface area contributed by atoms with Crippen molar-refractivity contribution >= 4 is 29.5 Å². The normalized spacial score (nSPS) is 10.6. The smallest absolute Gasteiger partial charge is 0.433 e. The van der Waals surface area contributed by atoms with Crippen LogP contribution in [0.5, 0.6) is 0 Å².